The summed E-state index contributed by atoms with van der Waals surface area (Å²) in [4.78, 5) is 44.3. The molecule has 0 atom stereocenters. The van der Waals surface area contributed by atoms with E-state index in [0.717, 1.165) is 45.3 Å². The molecule has 2 aromatic rings. The second kappa shape index (κ2) is 9.78. The Balaban J connectivity index is 1.54. The van der Waals surface area contributed by atoms with Gasteiger partial charge in [-0.3, -0.25) is 19.3 Å². The number of nitrogens with zero attached hydrogens (tertiary/aromatic N) is 3. The Morgan fingerprint density at radius 1 is 1.10 bits per heavy atom. The van der Waals surface area contributed by atoms with Crippen molar-refractivity contribution in [2.75, 3.05) is 32.7 Å². The zero-order valence-corrected chi connectivity index (χ0v) is 18.8. The van der Waals surface area contributed by atoms with Crippen molar-refractivity contribution in [1.29, 1.82) is 0 Å². The normalized spacial score (nSPS) is 17.8. The highest BCUT2D eigenvalue weighted by atomic mass is 32.1. The van der Waals surface area contributed by atoms with Gasteiger partial charge >= 0.3 is 0 Å². The number of nitrogens with one attached hydrogen (secondary N) is 1. The molecular weight excluding hydrogens is 412 g/mol. The summed E-state index contributed by atoms with van der Waals surface area (Å²) in [6.45, 7) is 5.86. The van der Waals surface area contributed by atoms with Gasteiger partial charge in [0.1, 0.15) is 11.1 Å². The van der Waals surface area contributed by atoms with Crippen LogP contribution in [0.1, 0.15) is 64.2 Å². The zero-order chi connectivity index (χ0) is 21.8. The minimum Gasteiger partial charge on any atom is -0.352 e. The number of pyridine rings is 1. The zero-order valence-electron chi connectivity index (χ0n) is 18.0. The van der Waals surface area contributed by atoms with E-state index >= 15 is 0 Å². The third kappa shape index (κ3) is 4.91. The second-order valence-corrected chi connectivity index (χ2v) is 9.34. The summed E-state index contributed by atoms with van der Waals surface area (Å²) in [6.07, 6.45) is 7.59. The van der Waals surface area contributed by atoms with Crippen LogP contribution in [0.2, 0.25) is 0 Å². The summed E-state index contributed by atoms with van der Waals surface area (Å²) in [7, 11) is 0. The molecule has 7 nitrogen and oxygen atoms in total. The fourth-order valence-electron chi connectivity index (χ4n) is 4.48. The first-order chi connectivity index (χ1) is 15.1. The number of carbonyl (C=O) groups excluding carboxylic acids is 2. The predicted molar refractivity (Wildman–Crippen MR) is 122 cm³/mol. The van der Waals surface area contributed by atoms with Gasteiger partial charge in [-0.15, -0.1) is 11.3 Å². The second-order valence-electron chi connectivity index (χ2n) is 8.31. The Bertz CT molecular complexity index is 971. The summed E-state index contributed by atoms with van der Waals surface area (Å²) in [6, 6.07) is 4.42. The Kier molecular flexibility index (Phi) is 6.87. The van der Waals surface area contributed by atoms with Crippen LogP contribution in [0.4, 0.5) is 0 Å². The average Bonchev–Trinajstić information content (AvgIpc) is 3.49. The average molecular weight is 443 g/mol. The van der Waals surface area contributed by atoms with Gasteiger partial charge in [0.05, 0.1) is 0 Å². The van der Waals surface area contributed by atoms with E-state index in [1.165, 1.54) is 4.88 Å². The van der Waals surface area contributed by atoms with Gasteiger partial charge in [0, 0.05) is 62.6 Å². The number of rotatable bonds is 6. The quantitative estimate of drug-likeness (QED) is 0.747. The molecule has 1 saturated carbocycles. The summed E-state index contributed by atoms with van der Waals surface area (Å²) < 4.78 is 1.93. The number of hydrogen-bond acceptors (Lipinski definition) is 5. The lowest BCUT2D eigenvalue weighted by Gasteiger charge is -2.34. The molecule has 0 unspecified atom stereocenters. The van der Waals surface area contributed by atoms with Gasteiger partial charge in [-0.2, -0.15) is 0 Å². The fourth-order valence-corrected chi connectivity index (χ4v) is 5.23. The van der Waals surface area contributed by atoms with E-state index in [0.29, 0.717) is 19.6 Å². The molecule has 1 aliphatic heterocycles. The van der Waals surface area contributed by atoms with Crippen molar-refractivity contribution >= 4 is 23.2 Å². The van der Waals surface area contributed by atoms with Gasteiger partial charge in [0.2, 0.25) is 5.43 Å². The van der Waals surface area contributed by atoms with Crippen molar-refractivity contribution in [2.45, 2.75) is 45.2 Å². The molecule has 31 heavy (non-hydrogen) atoms. The standard InChI is InChI=1S/C23H30N4O3S/c1-2-24-22(29)19-15-27(17-6-3-4-7-17)16-20(21(19)28)23(30)26-11-9-25(10-12-26)14-18-8-5-13-31-18/h5,8,13,15-17H,2-4,6-7,9-12,14H2,1H3,(H,24,29). The highest BCUT2D eigenvalue weighted by Gasteiger charge is 2.28. The molecule has 4 rings (SSSR count). The van der Waals surface area contributed by atoms with Gasteiger partial charge in [-0.05, 0) is 31.2 Å². The minimum absolute atomic E-state index is 0.0657. The van der Waals surface area contributed by atoms with Crippen LogP contribution in [-0.4, -0.2) is 58.9 Å². The number of piperazine rings is 1. The maximum absolute atomic E-state index is 13.3. The van der Waals surface area contributed by atoms with Crippen molar-refractivity contribution in [1.82, 2.24) is 19.7 Å². The van der Waals surface area contributed by atoms with Gasteiger partial charge in [0.15, 0.2) is 0 Å². The minimum atomic E-state index is -0.466. The SMILES string of the molecule is CCNC(=O)c1cn(C2CCCC2)cc(C(=O)N2CCN(Cc3cccs3)CC2)c1=O. The Hall–Kier alpha value is -2.45. The number of amides is 2. The number of aromatic nitrogens is 1. The first-order valence-electron chi connectivity index (χ1n) is 11.1. The molecule has 1 aliphatic carbocycles. The van der Waals surface area contributed by atoms with Gasteiger partial charge < -0.3 is 14.8 Å². The van der Waals surface area contributed by atoms with E-state index in [1.807, 2.05) is 11.5 Å². The van der Waals surface area contributed by atoms with Crippen LogP contribution in [0.25, 0.3) is 0 Å². The summed E-state index contributed by atoms with van der Waals surface area (Å²) in [5, 5.41) is 4.79. The Morgan fingerprint density at radius 2 is 1.81 bits per heavy atom. The summed E-state index contributed by atoms with van der Waals surface area (Å²) >= 11 is 1.74. The Labute approximate surface area is 186 Å². The molecule has 0 bridgehead atoms. The first kappa shape index (κ1) is 21.8. The first-order valence-corrected chi connectivity index (χ1v) is 12.0. The smallest absolute Gasteiger partial charge is 0.259 e. The maximum Gasteiger partial charge on any atom is 0.259 e. The van der Waals surface area contributed by atoms with Gasteiger partial charge in [-0.25, -0.2) is 0 Å². The lowest BCUT2D eigenvalue weighted by atomic mass is 10.1. The molecule has 0 aromatic carbocycles. The number of hydrogen-bond donors (Lipinski definition) is 1. The van der Waals surface area contributed by atoms with Crippen LogP contribution in [0.5, 0.6) is 0 Å². The third-order valence-corrected chi connectivity index (χ3v) is 7.08. The van der Waals surface area contributed by atoms with Gasteiger partial charge in [-0.1, -0.05) is 18.9 Å². The highest BCUT2D eigenvalue weighted by molar-refractivity contribution is 7.09. The summed E-state index contributed by atoms with van der Waals surface area (Å²) in [5.74, 6) is -0.673. The predicted octanol–water partition coefficient (Wildman–Crippen LogP) is 2.73. The van der Waals surface area contributed by atoms with Crippen molar-refractivity contribution < 1.29 is 9.59 Å². The topological polar surface area (TPSA) is 74.7 Å². The molecule has 166 valence electrons. The van der Waals surface area contributed by atoms with Crippen molar-refractivity contribution in [3.05, 3.63) is 56.1 Å². The molecule has 2 fully saturated rings. The molecule has 0 radical (unpaired) electrons. The lowest BCUT2D eigenvalue weighted by molar-refractivity contribution is 0.0627. The molecule has 0 spiro atoms. The van der Waals surface area contributed by atoms with E-state index in [-0.39, 0.29) is 23.1 Å². The van der Waals surface area contributed by atoms with Crippen LogP contribution in [0.15, 0.2) is 34.7 Å². The van der Waals surface area contributed by atoms with Crippen molar-refractivity contribution in [3.8, 4) is 0 Å². The number of thiophene rings is 1. The largest absolute Gasteiger partial charge is 0.352 e. The third-order valence-electron chi connectivity index (χ3n) is 6.22. The lowest BCUT2D eigenvalue weighted by Crippen LogP contribution is -2.49. The molecule has 2 amide bonds. The molecule has 2 aromatic heterocycles. The van der Waals surface area contributed by atoms with E-state index in [1.54, 1.807) is 28.6 Å². The number of carbonyl (C=O) groups is 2. The Morgan fingerprint density at radius 3 is 2.45 bits per heavy atom. The van der Waals surface area contributed by atoms with Crippen LogP contribution < -0.4 is 10.7 Å². The molecule has 3 heterocycles. The fraction of sp³-hybridized carbons (Fsp3) is 0.522. The van der Waals surface area contributed by atoms with Crippen molar-refractivity contribution in [2.24, 2.45) is 0 Å². The van der Waals surface area contributed by atoms with Crippen LogP contribution in [0.3, 0.4) is 0 Å². The van der Waals surface area contributed by atoms with Crippen molar-refractivity contribution in [3.63, 3.8) is 0 Å². The van der Waals surface area contributed by atoms with Crippen LogP contribution in [0, 0.1) is 0 Å². The monoisotopic (exact) mass is 442 g/mol. The molecule has 1 saturated heterocycles. The highest BCUT2D eigenvalue weighted by Crippen LogP contribution is 2.29. The van der Waals surface area contributed by atoms with Gasteiger partial charge in [0.25, 0.3) is 11.8 Å². The van der Waals surface area contributed by atoms with E-state index in [4.69, 9.17) is 0 Å². The molecule has 8 heteroatoms. The van der Waals surface area contributed by atoms with Crippen LogP contribution in [-0.2, 0) is 6.54 Å². The maximum atomic E-state index is 13.3. The molecular formula is C23H30N4O3S. The van der Waals surface area contributed by atoms with E-state index in [2.05, 4.69) is 27.7 Å². The molecule has 2 aliphatic rings. The van der Waals surface area contributed by atoms with Crippen LogP contribution >= 0.6 is 11.3 Å². The molecule has 1 N–H and O–H groups in total. The summed E-state index contributed by atoms with van der Waals surface area (Å²) in [5.41, 5.74) is -0.287. The van der Waals surface area contributed by atoms with E-state index < -0.39 is 11.3 Å². The van der Waals surface area contributed by atoms with E-state index in [9.17, 15) is 14.4 Å².